The van der Waals surface area contributed by atoms with Crippen LogP contribution in [0.5, 0.6) is 0 Å². The van der Waals surface area contributed by atoms with E-state index in [2.05, 4.69) is 29.2 Å². The minimum Gasteiger partial charge on any atom is -0.383 e. The van der Waals surface area contributed by atoms with Crippen molar-refractivity contribution >= 4 is 0 Å². The first-order chi connectivity index (χ1) is 11.3. The van der Waals surface area contributed by atoms with Crippen molar-refractivity contribution in [2.75, 3.05) is 19.7 Å². The first-order valence-corrected chi connectivity index (χ1v) is 8.06. The van der Waals surface area contributed by atoms with Crippen molar-refractivity contribution in [3.8, 4) is 0 Å². The Morgan fingerprint density at radius 2 is 1.78 bits per heavy atom. The monoisotopic (exact) mass is 311 g/mol. The molecule has 2 bridgehead atoms. The number of morpholine rings is 1. The average Bonchev–Trinajstić information content (AvgIpc) is 2.92. The van der Waals surface area contributed by atoms with Crippen LogP contribution in [0.1, 0.15) is 17.2 Å². The maximum absolute atomic E-state index is 10.8. The molecule has 1 N–H and O–H groups in total. The molecule has 0 radical (unpaired) electrons. The third-order valence-corrected chi connectivity index (χ3v) is 4.57. The van der Waals surface area contributed by atoms with Crippen LogP contribution in [0.4, 0.5) is 0 Å². The Bertz CT molecular complexity index is 648. The predicted molar refractivity (Wildman–Crippen MR) is 86.7 cm³/mol. The minimum absolute atomic E-state index is 0.0193. The number of hydrogen-bond donors (Lipinski definition) is 1. The molecule has 4 nitrogen and oxygen atoms in total. The number of rotatable bonds is 4. The molecule has 23 heavy (non-hydrogen) atoms. The molecule has 0 amide bonds. The van der Waals surface area contributed by atoms with Gasteiger partial charge in [0.1, 0.15) is 6.10 Å². The molecule has 0 aliphatic carbocycles. The zero-order valence-electron chi connectivity index (χ0n) is 13.0. The lowest BCUT2D eigenvalue weighted by atomic mass is 9.99. The molecular formula is C19H21NO3. The second kappa shape index (κ2) is 6.06. The van der Waals surface area contributed by atoms with Crippen LogP contribution >= 0.6 is 0 Å². The van der Waals surface area contributed by atoms with Gasteiger partial charge in [-0.1, -0.05) is 60.7 Å². The van der Waals surface area contributed by atoms with Crippen LogP contribution in [0.25, 0.3) is 0 Å². The van der Waals surface area contributed by atoms with E-state index >= 15 is 0 Å². The highest BCUT2D eigenvalue weighted by Gasteiger charge is 2.52. The average molecular weight is 311 g/mol. The Hall–Kier alpha value is -1.72. The zero-order chi connectivity index (χ0) is 15.7. The molecule has 4 rings (SSSR count). The summed E-state index contributed by atoms with van der Waals surface area (Å²) in [6.45, 7) is 2.77. The summed E-state index contributed by atoms with van der Waals surface area (Å²) in [6.07, 6.45) is -0.766. The SMILES string of the molecule is OC(c1ccccc1)[C@@]12CN(Cc3ccccc3)C[C@@H](CO1)O2. The van der Waals surface area contributed by atoms with Gasteiger partial charge in [-0.2, -0.15) is 0 Å². The molecule has 120 valence electrons. The number of fused-ring (bicyclic) bond motifs is 2. The van der Waals surface area contributed by atoms with Crippen molar-refractivity contribution in [1.82, 2.24) is 4.90 Å². The Labute approximate surface area is 136 Å². The van der Waals surface area contributed by atoms with Gasteiger partial charge in [0.05, 0.1) is 19.3 Å². The largest absolute Gasteiger partial charge is 0.383 e. The van der Waals surface area contributed by atoms with Crippen molar-refractivity contribution in [3.05, 3.63) is 71.8 Å². The van der Waals surface area contributed by atoms with Crippen LogP contribution in [0.15, 0.2) is 60.7 Å². The van der Waals surface area contributed by atoms with E-state index in [1.807, 2.05) is 36.4 Å². The fraction of sp³-hybridized carbons (Fsp3) is 0.368. The summed E-state index contributed by atoms with van der Waals surface area (Å²) >= 11 is 0. The molecule has 3 atom stereocenters. The third kappa shape index (κ3) is 2.91. The Morgan fingerprint density at radius 1 is 1.09 bits per heavy atom. The van der Waals surface area contributed by atoms with Gasteiger partial charge in [0.15, 0.2) is 0 Å². The summed E-state index contributed by atoms with van der Waals surface area (Å²) in [5.41, 5.74) is 2.09. The van der Waals surface area contributed by atoms with E-state index in [9.17, 15) is 5.11 Å². The van der Waals surface area contributed by atoms with Gasteiger partial charge in [-0.05, 0) is 11.1 Å². The van der Waals surface area contributed by atoms with E-state index in [1.54, 1.807) is 0 Å². The summed E-state index contributed by atoms with van der Waals surface area (Å²) in [5, 5.41) is 10.8. The van der Waals surface area contributed by atoms with Gasteiger partial charge in [-0.3, -0.25) is 4.90 Å². The van der Waals surface area contributed by atoms with Crippen molar-refractivity contribution in [1.29, 1.82) is 0 Å². The lowest BCUT2D eigenvalue weighted by Gasteiger charge is -2.41. The standard InChI is InChI=1S/C19H21NO3/c21-18(16-9-5-2-6-10-16)19-14-20(12-17(23-19)13-22-19)11-15-7-3-1-4-8-15/h1-10,17-18,21H,11-14H2/t17-,18?,19-/m0/s1. The quantitative estimate of drug-likeness (QED) is 0.941. The minimum atomic E-state index is -0.959. The smallest absolute Gasteiger partial charge is 0.212 e. The summed E-state index contributed by atoms with van der Waals surface area (Å²) < 4.78 is 12.0. The van der Waals surface area contributed by atoms with E-state index in [0.717, 1.165) is 18.7 Å². The Kier molecular flexibility index (Phi) is 3.91. The second-order valence-electron chi connectivity index (χ2n) is 6.33. The van der Waals surface area contributed by atoms with Gasteiger partial charge in [0.2, 0.25) is 5.79 Å². The van der Waals surface area contributed by atoms with Crippen LogP contribution in [0.2, 0.25) is 0 Å². The molecule has 1 unspecified atom stereocenters. The number of benzene rings is 2. The lowest BCUT2D eigenvalue weighted by molar-refractivity contribution is -0.258. The molecular weight excluding hydrogens is 290 g/mol. The Balaban J connectivity index is 1.54. The molecule has 2 aromatic carbocycles. The van der Waals surface area contributed by atoms with E-state index in [1.165, 1.54) is 5.56 Å². The first kappa shape index (κ1) is 14.8. The van der Waals surface area contributed by atoms with Gasteiger partial charge in [0.25, 0.3) is 0 Å². The summed E-state index contributed by atoms with van der Waals surface area (Å²) in [6, 6.07) is 20.0. The molecule has 2 aromatic rings. The zero-order valence-corrected chi connectivity index (χ0v) is 13.0. The highest BCUT2D eigenvalue weighted by molar-refractivity contribution is 5.21. The third-order valence-electron chi connectivity index (χ3n) is 4.57. The van der Waals surface area contributed by atoms with Gasteiger partial charge in [-0.25, -0.2) is 0 Å². The van der Waals surface area contributed by atoms with Gasteiger partial charge in [-0.15, -0.1) is 0 Å². The van der Waals surface area contributed by atoms with Crippen LogP contribution in [0, 0.1) is 0 Å². The van der Waals surface area contributed by atoms with E-state index in [-0.39, 0.29) is 6.10 Å². The summed E-state index contributed by atoms with van der Waals surface area (Å²) in [4.78, 5) is 2.31. The van der Waals surface area contributed by atoms with Crippen LogP contribution in [-0.2, 0) is 16.0 Å². The first-order valence-electron chi connectivity index (χ1n) is 8.06. The van der Waals surface area contributed by atoms with Gasteiger partial charge < -0.3 is 14.6 Å². The number of aliphatic hydroxyl groups excluding tert-OH is 1. The maximum Gasteiger partial charge on any atom is 0.212 e. The number of ether oxygens (including phenoxy) is 2. The Morgan fingerprint density at radius 3 is 2.52 bits per heavy atom. The fourth-order valence-electron chi connectivity index (χ4n) is 3.50. The molecule has 2 aliphatic heterocycles. The normalized spacial score (nSPS) is 28.7. The second-order valence-corrected chi connectivity index (χ2v) is 6.33. The van der Waals surface area contributed by atoms with E-state index < -0.39 is 11.9 Å². The molecule has 4 heteroatoms. The van der Waals surface area contributed by atoms with E-state index in [4.69, 9.17) is 9.47 Å². The fourth-order valence-corrected chi connectivity index (χ4v) is 3.50. The number of nitrogens with zero attached hydrogens (tertiary/aromatic N) is 1. The highest BCUT2D eigenvalue weighted by atomic mass is 16.8. The van der Waals surface area contributed by atoms with Crippen LogP contribution < -0.4 is 0 Å². The molecule has 2 saturated heterocycles. The maximum atomic E-state index is 10.8. The molecule has 0 aromatic heterocycles. The topological polar surface area (TPSA) is 41.9 Å². The molecule has 2 aliphatic rings. The number of aliphatic hydroxyl groups is 1. The van der Waals surface area contributed by atoms with Crippen molar-refractivity contribution in [2.24, 2.45) is 0 Å². The highest BCUT2D eigenvalue weighted by Crippen LogP contribution is 2.40. The van der Waals surface area contributed by atoms with Crippen molar-refractivity contribution in [2.45, 2.75) is 24.5 Å². The number of hydrogen-bond acceptors (Lipinski definition) is 4. The molecule has 0 saturated carbocycles. The predicted octanol–water partition coefficient (Wildman–Crippen LogP) is 2.35. The van der Waals surface area contributed by atoms with Gasteiger partial charge in [0, 0.05) is 13.1 Å². The van der Waals surface area contributed by atoms with Crippen LogP contribution in [-0.4, -0.2) is 41.6 Å². The van der Waals surface area contributed by atoms with Crippen LogP contribution in [0.3, 0.4) is 0 Å². The molecule has 2 heterocycles. The summed E-state index contributed by atoms with van der Waals surface area (Å²) in [7, 11) is 0. The van der Waals surface area contributed by atoms with E-state index in [0.29, 0.717) is 13.2 Å². The molecule has 2 fully saturated rings. The van der Waals surface area contributed by atoms with Crippen molar-refractivity contribution < 1.29 is 14.6 Å². The molecule has 0 spiro atoms. The van der Waals surface area contributed by atoms with Gasteiger partial charge >= 0.3 is 0 Å². The lowest BCUT2D eigenvalue weighted by Crippen LogP contribution is -2.53. The summed E-state index contributed by atoms with van der Waals surface area (Å²) in [5.74, 6) is -0.959. The van der Waals surface area contributed by atoms with Crippen molar-refractivity contribution in [3.63, 3.8) is 0 Å².